The van der Waals surface area contributed by atoms with Gasteiger partial charge in [0.1, 0.15) is 5.75 Å². The molecule has 86 valence electrons. The van der Waals surface area contributed by atoms with Crippen molar-refractivity contribution in [2.45, 2.75) is 31.8 Å². The molecule has 0 aliphatic heterocycles. The topological polar surface area (TPSA) is 29.5 Å². The van der Waals surface area contributed by atoms with E-state index in [-0.39, 0.29) is 6.10 Å². The highest BCUT2D eigenvalue weighted by atomic mass is 16.5. The number of rotatable bonds is 3. The number of ether oxygens (including phenoxy) is 1. The summed E-state index contributed by atoms with van der Waals surface area (Å²) in [4.78, 5) is 0. The van der Waals surface area contributed by atoms with Crippen LogP contribution in [0.1, 0.15) is 24.8 Å². The summed E-state index contributed by atoms with van der Waals surface area (Å²) in [6.45, 7) is 0. The molecular formula is C14H18O2. The van der Waals surface area contributed by atoms with Gasteiger partial charge in [-0.05, 0) is 43.4 Å². The molecule has 1 N–H and O–H groups in total. The van der Waals surface area contributed by atoms with Crippen molar-refractivity contribution in [1.29, 1.82) is 0 Å². The smallest absolute Gasteiger partial charge is 0.119 e. The van der Waals surface area contributed by atoms with Gasteiger partial charge < -0.3 is 9.84 Å². The highest BCUT2D eigenvalue weighted by molar-refractivity contribution is 5.31. The lowest BCUT2D eigenvalue weighted by Crippen LogP contribution is -2.10. The third-order valence-corrected chi connectivity index (χ3v) is 2.99. The zero-order valence-electron chi connectivity index (χ0n) is 9.65. The van der Waals surface area contributed by atoms with Crippen LogP contribution in [-0.4, -0.2) is 18.3 Å². The second-order valence-electron chi connectivity index (χ2n) is 4.31. The quantitative estimate of drug-likeness (QED) is 0.790. The van der Waals surface area contributed by atoms with Gasteiger partial charge in [-0.15, -0.1) is 0 Å². The molecule has 0 spiro atoms. The predicted octanol–water partition coefficient (Wildman–Crippen LogP) is 2.71. The van der Waals surface area contributed by atoms with E-state index < -0.39 is 0 Å². The fraction of sp³-hybridized carbons (Fsp3) is 0.429. The molecule has 0 bridgehead atoms. The van der Waals surface area contributed by atoms with E-state index in [0.717, 1.165) is 31.4 Å². The Morgan fingerprint density at radius 1 is 1.44 bits per heavy atom. The summed E-state index contributed by atoms with van der Waals surface area (Å²) >= 11 is 0. The van der Waals surface area contributed by atoms with Crippen LogP contribution >= 0.6 is 0 Å². The number of hydrogen-bond donors (Lipinski definition) is 1. The summed E-state index contributed by atoms with van der Waals surface area (Å²) in [7, 11) is 1.68. The second kappa shape index (κ2) is 5.17. The standard InChI is InChI=1S/C14H18O2/c1-16-14-7-3-5-12(10-14)8-11-4-2-6-13(15)9-11/h3,5,7,9-10,13,15H,2,4,6,8H2,1H3. The Hall–Kier alpha value is -1.28. The predicted molar refractivity (Wildman–Crippen MR) is 64.6 cm³/mol. The normalized spacial score (nSPS) is 20.4. The maximum atomic E-state index is 9.56. The van der Waals surface area contributed by atoms with Crippen molar-refractivity contribution >= 4 is 0 Å². The number of allylic oxidation sites excluding steroid dienone is 1. The van der Waals surface area contributed by atoms with E-state index in [2.05, 4.69) is 12.1 Å². The Balaban J connectivity index is 2.08. The van der Waals surface area contributed by atoms with Crippen LogP contribution in [0.2, 0.25) is 0 Å². The lowest BCUT2D eigenvalue weighted by Gasteiger charge is -2.17. The fourth-order valence-electron chi connectivity index (χ4n) is 2.17. The first kappa shape index (κ1) is 11.2. The summed E-state index contributed by atoms with van der Waals surface area (Å²) in [5.74, 6) is 0.898. The molecule has 0 saturated heterocycles. The minimum Gasteiger partial charge on any atom is -0.497 e. The van der Waals surface area contributed by atoms with Gasteiger partial charge in [0.25, 0.3) is 0 Å². The average Bonchev–Trinajstić information content (AvgIpc) is 2.29. The molecule has 1 aromatic carbocycles. The van der Waals surface area contributed by atoms with Gasteiger partial charge in [0.2, 0.25) is 0 Å². The minimum atomic E-state index is -0.241. The van der Waals surface area contributed by atoms with Crippen molar-refractivity contribution < 1.29 is 9.84 Å². The molecule has 2 heteroatoms. The van der Waals surface area contributed by atoms with E-state index in [1.54, 1.807) is 7.11 Å². The van der Waals surface area contributed by atoms with Gasteiger partial charge in [-0.25, -0.2) is 0 Å². The minimum absolute atomic E-state index is 0.241. The molecule has 1 aliphatic carbocycles. The molecule has 1 aliphatic rings. The molecule has 1 unspecified atom stereocenters. The third-order valence-electron chi connectivity index (χ3n) is 2.99. The van der Waals surface area contributed by atoms with E-state index in [1.807, 2.05) is 18.2 Å². The molecule has 0 saturated carbocycles. The molecule has 1 aromatic rings. The van der Waals surface area contributed by atoms with Gasteiger partial charge in [-0.2, -0.15) is 0 Å². The Morgan fingerprint density at radius 3 is 3.06 bits per heavy atom. The molecule has 1 atom stereocenters. The number of hydrogen-bond acceptors (Lipinski definition) is 2. The summed E-state index contributed by atoms with van der Waals surface area (Å²) in [6.07, 6.45) is 5.79. The van der Waals surface area contributed by atoms with Crippen LogP contribution in [-0.2, 0) is 6.42 Å². The second-order valence-corrected chi connectivity index (χ2v) is 4.31. The zero-order chi connectivity index (χ0) is 11.4. The largest absolute Gasteiger partial charge is 0.497 e. The lowest BCUT2D eigenvalue weighted by molar-refractivity contribution is 0.202. The first-order valence-electron chi connectivity index (χ1n) is 5.78. The molecule has 16 heavy (non-hydrogen) atoms. The van der Waals surface area contributed by atoms with Crippen LogP contribution in [0.3, 0.4) is 0 Å². The molecule has 0 fully saturated rings. The van der Waals surface area contributed by atoms with Gasteiger partial charge in [0, 0.05) is 0 Å². The molecule has 0 aromatic heterocycles. The maximum Gasteiger partial charge on any atom is 0.119 e. The van der Waals surface area contributed by atoms with Gasteiger partial charge in [-0.3, -0.25) is 0 Å². The number of aliphatic hydroxyl groups is 1. The van der Waals surface area contributed by atoms with Gasteiger partial charge in [-0.1, -0.05) is 23.8 Å². The van der Waals surface area contributed by atoms with E-state index >= 15 is 0 Å². The monoisotopic (exact) mass is 218 g/mol. The molecule has 0 radical (unpaired) electrons. The fourth-order valence-corrected chi connectivity index (χ4v) is 2.17. The average molecular weight is 218 g/mol. The van der Waals surface area contributed by atoms with Gasteiger partial charge in [0.15, 0.2) is 0 Å². The van der Waals surface area contributed by atoms with Crippen molar-refractivity contribution in [2.24, 2.45) is 0 Å². The van der Waals surface area contributed by atoms with Gasteiger partial charge >= 0.3 is 0 Å². The maximum absolute atomic E-state index is 9.56. The molecule has 0 heterocycles. The van der Waals surface area contributed by atoms with Crippen molar-refractivity contribution in [3.63, 3.8) is 0 Å². The van der Waals surface area contributed by atoms with Crippen LogP contribution in [0.5, 0.6) is 5.75 Å². The Bertz CT molecular complexity index is 382. The van der Waals surface area contributed by atoms with E-state index in [0.29, 0.717) is 0 Å². The van der Waals surface area contributed by atoms with E-state index in [1.165, 1.54) is 11.1 Å². The molecular weight excluding hydrogens is 200 g/mol. The van der Waals surface area contributed by atoms with E-state index in [9.17, 15) is 5.11 Å². The number of aliphatic hydroxyl groups excluding tert-OH is 1. The SMILES string of the molecule is COc1cccc(CC2=CC(O)CCC2)c1. The van der Waals surface area contributed by atoms with Crippen LogP contribution in [0.15, 0.2) is 35.9 Å². The summed E-state index contributed by atoms with van der Waals surface area (Å²) < 4.78 is 5.20. The Labute approximate surface area is 96.6 Å². The van der Waals surface area contributed by atoms with Crippen LogP contribution in [0, 0.1) is 0 Å². The lowest BCUT2D eigenvalue weighted by atomic mass is 9.93. The Morgan fingerprint density at radius 2 is 2.31 bits per heavy atom. The highest BCUT2D eigenvalue weighted by Gasteiger charge is 2.11. The van der Waals surface area contributed by atoms with Gasteiger partial charge in [0.05, 0.1) is 13.2 Å². The Kier molecular flexibility index (Phi) is 3.62. The zero-order valence-corrected chi connectivity index (χ0v) is 9.65. The summed E-state index contributed by atoms with van der Waals surface area (Å²) in [5, 5.41) is 9.56. The highest BCUT2D eigenvalue weighted by Crippen LogP contribution is 2.23. The first-order valence-corrected chi connectivity index (χ1v) is 5.78. The summed E-state index contributed by atoms with van der Waals surface area (Å²) in [6, 6.07) is 8.12. The van der Waals surface area contributed by atoms with Crippen LogP contribution in [0.25, 0.3) is 0 Å². The van der Waals surface area contributed by atoms with Crippen molar-refractivity contribution in [3.8, 4) is 5.75 Å². The molecule has 0 amide bonds. The summed E-state index contributed by atoms with van der Waals surface area (Å²) in [5.41, 5.74) is 2.59. The number of methoxy groups -OCH3 is 1. The van der Waals surface area contributed by atoms with Crippen molar-refractivity contribution in [3.05, 3.63) is 41.5 Å². The first-order chi connectivity index (χ1) is 7.78. The van der Waals surface area contributed by atoms with Crippen molar-refractivity contribution in [2.75, 3.05) is 7.11 Å². The number of benzene rings is 1. The third kappa shape index (κ3) is 2.86. The van der Waals surface area contributed by atoms with Crippen LogP contribution < -0.4 is 4.74 Å². The van der Waals surface area contributed by atoms with Crippen LogP contribution in [0.4, 0.5) is 0 Å². The molecule has 2 rings (SSSR count). The van der Waals surface area contributed by atoms with Crippen molar-refractivity contribution in [1.82, 2.24) is 0 Å². The van der Waals surface area contributed by atoms with E-state index in [4.69, 9.17) is 4.74 Å². The molecule has 2 nitrogen and oxygen atoms in total.